The van der Waals surface area contributed by atoms with Crippen molar-refractivity contribution in [2.45, 2.75) is 0 Å². The molecule has 1 heterocycles. The highest BCUT2D eigenvalue weighted by Crippen LogP contribution is 2.43. The van der Waals surface area contributed by atoms with E-state index in [4.69, 9.17) is 4.99 Å². The molecule has 0 amide bonds. The van der Waals surface area contributed by atoms with Crippen molar-refractivity contribution in [2.75, 3.05) is 16.8 Å². The van der Waals surface area contributed by atoms with Crippen LogP contribution < -0.4 is 5.32 Å². The Hall–Kier alpha value is -4.77. The molecule has 0 aromatic heterocycles. The van der Waals surface area contributed by atoms with Crippen molar-refractivity contribution in [3.8, 4) is 44.5 Å². The number of nitrogens with zero attached hydrogens (tertiary/aromatic N) is 1. The first-order chi connectivity index (χ1) is 22.3. The maximum Gasteiger partial charge on any atom is 0.112 e. The molecule has 1 aliphatic heterocycles. The highest BCUT2D eigenvalue weighted by molar-refractivity contribution is 8.20. The van der Waals surface area contributed by atoms with E-state index in [1.54, 1.807) is 0 Å². The lowest BCUT2D eigenvalue weighted by molar-refractivity contribution is 1.48. The van der Waals surface area contributed by atoms with E-state index in [1.165, 1.54) is 22.3 Å². The van der Waals surface area contributed by atoms with Crippen molar-refractivity contribution in [2.24, 2.45) is 4.99 Å². The Morgan fingerprint density at radius 2 is 0.844 bits per heavy atom. The minimum Gasteiger partial charge on any atom is -0.360 e. The molecule has 1 aliphatic rings. The minimum atomic E-state index is 1.00. The van der Waals surface area contributed by atoms with Crippen molar-refractivity contribution in [3.05, 3.63) is 169 Å². The van der Waals surface area contributed by atoms with E-state index in [9.17, 15) is 0 Å². The number of benzene rings is 6. The zero-order chi connectivity index (χ0) is 30.3. The van der Waals surface area contributed by atoms with Gasteiger partial charge in [0.1, 0.15) is 5.04 Å². The summed E-state index contributed by atoms with van der Waals surface area (Å²) in [6.07, 6.45) is 2.16. The Kier molecular flexibility index (Phi) is 8.95. The summed E-state index contributed by atoms with van der Waals surface area (Å²) >= 11 is 3.69. The SMILES string of the molecule is C(/Nc1c(-c2ccccc2)cccc1-c1ccccc1)=C1\SCCSC1=Nc1c(-c2ccccc2)cccc1-c1ccccc1. The maximum atomic E-state index is 5.48. The summed E-state index contributed by atoms with van der Waals surface area (Å²) in [5.41, 5.74) is 11.4. The Morgan fingerprint density at radius 1 is 0.444 bits per heavy atom. The summed E-state index contributed by atoms with van der Waals surface area (Å²) in [6.45, 7) is 0. The zero-order valence-electron chi connectivity index (χ0n) is 24.8. The molecule has 0 aliphatic carbocycles. The van der Waals surface area contributed by atoms with Gasteiger partial charge in [-0.3, -0.25) is 0 Å². The molecule has 0 radical (unpaired) electrons. The molecule has 218 valence electrons. The average molecular weight is 617 g/mol. The Bertz CT molecular complexity index is 1840. The van der Waals surface area contributed by atoms with Crippen LogP contribution in [-0.4, -0.2) is 16.5 Å². The fraction of sp³-hybridized carbons (Fsp3) is 0.0488. The van der Waals surface area contributed by atoms with E-state index >= 15 is 0 Å². The molecule has 0 saturated carbocycles. The second-order valence-electron chi connectivity index (χ2n) is 10.7. The van der Waals surface area contributed by atoms with Gasteiger partial charge in [-0.2, -0.15) is 0 Å². The molecule has 1 N–H and O–H groups in total. The Balaban J connectivity index is 1.35. The first kappa shape index (κ1) is 29.0. The Morgan fingerprint density at radius 3 is 1.31 bits per heavy atom. The van der Waals surface area contributed by atoms with Gasteiger partial charge >= 0.3 is 0 Å². The van der Waals surface area contributed by atoms with Crippen LogP contribution in [0.1, 0.15) is 0 Å². The van der Waals surface area contributed by atoms with Crippen LogP contribution in [0.2, 0.25) is 0 Å². The molecule has 0 bridgehead atoms. The number of thioether (sulfide) groups is 2. The first-order valence-corrected chi connectivity index (χ1v) is 17.1. The maximum absolute atomic E-state index is 5.48. The molecule has 0 spiro atoms. The van der Waals surface area contributed by atoms with Crippen LogP contribution in [0.4, 0.5) is 11.4 Å². The first-order valence-electron chi connectivity index (χ1n) is 15.1. The topological polar surface area (TPSA) is 24.4 Å². The second kappa shape index (κ2) is 13.9. The molecule has 1 saturated heterocycles. The number of rotatable bonds is 7. The zero-order valence-corrected chi connectivity index (χ0v) is 26.4. The lowest BCUT2D eigenvalue weighted by Crippen LogP contribution is -2.08. The third-order valence-corrected chi connectivity index (χ3v) is 10.2. The number of aliphatic imine (C=N–C) groups is 1. The van der Waals surface area contributed by atoms with Gasteiger partial charge in [-0.05, 0) is 22.3 Å². The van der Waals surface area contributed by atoms with Gasteiger partial charge in [-0.25, -0.2) is 4.99 Å². The highest BCUT2D eigenvalue weighted by Gasteiger charge is 2.19. The minimum absolute atomic E-state index is 1.00. The summed E-state index contributed by atoms with van der Waals surface area (Å²) < 4.78 is 0. The van der Waals surface area contributed by atoms with Gasteiger partial charge in [0, 0.05) is 40.0 Å². The summed E-state index contributed by atoms with van der Waals surface area (Å²) in [7, 11) is 0. The van der Waals surface area contributed by atoms with Crippen molar-refractivity contribution in [1.29, 1.82) is 0 Å². The molecular weight excluding hydrogens is 585 g/mol. The molecule has 7 rings (SSSR count). The average Bonchev–Trinajstić information content (AvgIpc) is 3.12. The molecular formula is C41H32N2S2. The van der Waals surface area contributed by atoms with Gasteiger partial charge < -0.3 is 5.32 Å². The van der Waals surface area contributed by atoms with E-state index in [-0.39, 0.29) is 0 Å². The van der Waals surface area contributed by atoms with Crippen molar-refractivity contribution >= 4 is 39.9 Å². The van der Waals surface area contributed by atoms with Crippen LogP contribution in [0.25, 0.3) is 44.5 Å². The summed E-state index contributed by atoms with van der Waals surface area (Å²) in [5, 5.41) is 4.82. The molecule has 1 fully saturated rings. The fourth-order valence-corrected chi connectivity index (χ4v) is 7.74. The normalized spacial score (nSPS) is 14.8. The van der Waals surface area contributed by atoms with Gasteiger partial charge in [-0.1, -0.05) is 158 Å². The third-order valence-electron chi connectivity index (χ3n) is 7.79. The van der Waals surface area contributed by atoms with Crippen LogP contribution in [0.15, 0.2) is 174 Å². The lowest BCUT2D eigenvalue weighted by atomic mass is 9.96. The van der Waals surface area contributed by atoms with E-state index in [1.807, 2.05) is 23.5 Å². The van der Waals surface area contributed by atoms with Crippen LogP contribution in [0.5, 0.6) is 0 Å². The Labute approximate surface area is 274 Å². The number of hydrogen-bond donors (Lipinski definition) is 1. The van der Waals surface area contributed by atoms with Crippen LogP contribution in [0.3, 0.4) is 0 Å². The number of anilines is 1. The van der Waals surface area contributed by atoms with E-state index < -0.39 is 0 Å². The number of nitrogens with one attached hydrogen (secondary N) is 1. The molecule has 4 heteroatoms. The monoisotopic (exact) mass is 616 g/mol. The van der Waals surface area contributed by atoms with Crippen molar-refractivity contribution in [1.82, 2.24) is 0 Å². The predicted molar refractivity (Wildman–Crippen MR) is 198 cm³/mol. The van der Waals surface area contributed by atoms with Crippen molar-refractivity contribution < 1.29 is 0 Å². The molecule has 6 aromatic carbocycles. The lowest BCUT2D eigenvalue weighted by Gasteiger charge is -2.20. The van der Waals surface area contributed by atoms with Crippen molar-refractivity contribution in [3.63, 3.8) is 0 Å². The van der Waals surface area contributed by atoms with E-state index in [0.29, 0.717) is 0 Å². The van der Waals surface area contributed by atoms with E-state index in [0.717, 1.165) is 55.1 Å². The van der Waals surface area contributed by atoms with Gasteiger partial charge in [-0.15, -0.1) is 23.5 Å². The predicted octanol–water partition coefficient (Wildman–Crippen LogP) is 11.8. The standard InChI is InChI=1S/C41H32N2S2/c1-5-15-30(16-6-1)34-23-13-24-35(31-17-7-2-8-18-31)39(34)42-29-38-41(45-28-27-44-38)43-40-36(32-19-9-3-10-20-32)25-14-26-37(40)33-21-11-4-12-22-33/h1-26,29,42H,27-28H2/b38-29+,43-41?. The smallest absolute Gasteiger partial charge is 0.112 e. The van der Waals surface area contributed by atoms with Gasteiger partial charge in [0.05, 0.1) is 16.3 Å². The second-order valence-corrected chi connectivity index (χ2v) is 12.9. The molecule has 6 aromatic rings. The quantitative estimate of drug-likeness (QED) is 0.193. The largest absolute Gasteiger partial charge is 0.360 e. The van der Waals surface area contributed by atoms with Gasteiger partial charge in [0.2, 0.25) is 0 Å². The van der Waals surface area contributed by atoms with Crippen LogP contribution in [0, 0.1) is 0 Å². The summed E-state index contributed by atoms with van der Waals surface area (Å²) in [6, 6.07) is 55.4. The number of para-hydroxylation sites is 2. The van der Waals surface area contributed by atoms with Crippen LogP contribution in [-0.2, 0) is 0 Å². The molecule has 2 nitrogen and oxygen atoms in total. The third kappa shape index (κ3) is 6.53. The highest BCUT2D eigenvalue weighted by atomic mass is 32.2. The van der Waals surface area contributed by atoms with E-state index in [2.05, 4.69) is 169 Å². The fourth-order valence-electron chi connectivity index (χ4n) is 5.64. The van der Waals surface area contributed by atoms with Gasteiger partial charge in [0.15, 0.2) is 0 Å². The number of hydrogen-bond acceptors (Lipinski definition) is 4. The summed E-state index contributed by atoms with van der Waals surface area (Å²) in [5.74, 6) is 2.06. The summed E-state index contributed by atoms with van der Waals surface area (Å²) in [4.78, 5) is 6.62. The molecule has 0 atom stereocenters. The van der Waals surface area contributed by atoms with Gasteiger partial charge in [0.25, 0.3) is 0 Å². The molecule has 45 heavy (non-hydrogen) atoms. The van der Waals surface area contributed by atoms with Crippen LogP contribution >= 0.6 is 23.5 Å². The molecule has 0 unspecified atom stereocenters.